The van der Waals surface area contributed by atoms with Gasteiger partial charge in [0.05, 0.1) is 17.8 Å². The zero-order valence-electron chi connectivity index (χ0n) is 8.39. The lowest BCUT2D eigenvalue weighted by atomic mass is 10.2. The molecule has 1 saturated carbocycles. The summed E-state index contributed by atoms with van der Waals surface area (Å²) in [6.07, 6.45) is 2.77. The molecule has 0 radical (unpaired) electrons. The van der Waals surface area contributed by atoms with Crippen molar-refractivity contribution in [3.05, 3.63) is 29.4 Å². The third kappa shape index (κ3) is 2.03. The Morgan fingerprint density at radius 1 is 1.19 bits per heavy atom. The first-order valence-electron chi connectivity index (χ1n) is 5.08. The summed E-state index contributed by atoms with van der Waals surface area (Å²) in [7, 11) is 0. The molecule has 1 aliphatic carbocycles. The summed E-state index contributed by atoms with van der Waals surface area (Å²) in [4.78, 5) is 0. The number of nitrogens with zero attached hydrogens (tertiary/aromatic N) is 2. The van der Waals surface area contributed by atoms with Crippen molar-refractivity contribution >= 4 is 23.3 Å². The Morgan fingerprint density at radius 2 is 1.94 bits per heavy atom. The van der Waals surface area contributed by atoms with Crippen molar-refractivity contribution in [3.8, 4) is 17.0 Å². The maximum absolute atomic E-state index is 5.91. The molecule has 3 rings (SSSR count). The monoisotopic (exact) mass is 252 g/mol. The van der Waals surface area contributed by atoms with E-state index in [0.717, 1.165) is 28.7 Å². The van der Waals surface area contributed by atoms with Gasteiger partial charge in [-0.3, -0.25) is 0 Å². The summed E-state index contributed by atoms with van der Waals surface area (Å²) in [6, 6.07) is 7.81. The molecule has 0 N–H and O–H groups in total. The third-order valence-electron chi connectivity index (χ3n) is 2.40. The Bertz CT molecular complexity index is 493. The average Bonchev–Trinajstić information content (AvgIpc) is 3.00. The lowest BCUT2D eigenvalue weighted by Gasteiger charge is -2.04. The summed E-state index contributed by atoms with van der Waals surface area (Å²) < 4.78 is 13.7. The van der Waals surface area contributed by atoms with Crippen molar-refractivity contribution in [2.75, 3.05) is 0 Å². The van der Waals surface area contributed by atoms with Crippen LogP contribution >= 0.6 is 23.3 Å². The number of ether oxygens (including phenoxy) is 1. The summed E-state index contributed by atoms with van der Waals surface area (Å²) in [5, 5.41) is 0.459. The lowest BCUT2D eigenvalue weighted by molar-refractivity contribution is 0.303. The van der Waals surface area contributed by atoms with Crippen LogP contribution < -0.4 is 4.74 Å². The van der Waals surface area contributed by atoms with Gasteiger partial charge >= 0.3 is 0 Å². The largest absolute Gasteiger partial charge is 0.490 e. The maximum atomic E-state index is 5.91. The van der Waals surface area contributed by atoms with Crippen LogP contribution in [0.25, 0.3) is 11.3 Å². The van der Waals surface area contributed by atoms with Crippen LogP contribution in [0, 0.1) is 0 Å². The Kier molecular flexibility index (Phi) is 2.53. The molecular formula is C11H9ClN2OS. The highest BCUT2D eigenvalue weighted by molar-refractivity contribution is 6.99. The standard InChI is InChI=1S/C11H9ClN2OS/c12-11-10(13-16-14-11)7-1-3-8(4-2-7)15-9-5-6-9/h1-4,9H,5-6H2. The van der Waals surface area contributed by atoms with E-state index in [1.54, 1.807) is 0 Å². The molecule has 0 spiro atoms. The van der Waals surface area contributed by atoms with E-state index in [-0.39, 0.29) is 0 Å². The van der Waals surface area contributed by atoms with Gasteiger partial charge in [-0.15, -0.1) is 0 Å². The minimum Gasteiger partial charge on any atom is -0.490 e. The first-order chi connectivity index (χ1) is 7.83. The molecule has 1 fully saturated rings. The number of hydrogen-bond donors (Lipinski definition) is 0. The molecule has 1 heterocycles. The molecule has 16 heavy (non-hydrogen) atoms. The number of hydrogen-bond acceptors (Lipinski definition) is 4. The average molecular weight is 253 g/mol. The summed E-state index contributed by atoms with van der Waals surface area (Å²) in [6.45, 7) is 0. The minimum atomic E-state index is 0.426. The van der Waals surface area contributed by atoms with Gasteiger partial charge in [-0.1, -0.05) is 11.6 Å². The quantitative estimate of drug-likeness (QED) is 0.840. The number of benzene rings is 1. The fourth-order valence-electron chi connectivity index (χ4n) is 1.42. The molecule has 0 saturated heterocycles. The first kappa shape index (κ1) is 10.1. The van der Waals surface area contributed by atoms with Crippen molar-refractivity contribution < 1.29 is 4.74 Å². The highest BCUT2D eigenvalue weighted by Crippen LogP contribution is 2.30. The van der Waals surface area contributed by atoms with Gasteiger partial charge in [-0.25, -0.2) is 0 Å². The van der Waals surface area contributed by atoms with E-state index in [1.165, 1.54) is 12.8 Å². The molecule has 3 nitrogen and oxygen atoms in total. The van der Waals surface area contributed by atoms with Crippen LogP contribution in [-0.4, -0.2) is 14.9 Å². The van der Waals surface area contributed by atoms with Gasteiger partial charge in [0.1, 0.15) is 11.4 Å². The molecule has 2 aromatic rings. The van der Waals surface area contributed by atoms with Crippen LogP contribution in [0.1, 0.15) is 12.8 Å². The Hall–Kier alpha value is -1.13. The van der Waals surface area contributed by atoms with Crippen LogP contribution in [0.2, 0.25) is 5.15 Å². The molecular weight excluding hydrogens is 244 g/mol. The SMILES string of the molecule is Clc1nsnc1-c1ccc(OC2CC2)cc1. The predicted molar refractivity (Wildman–Crippen MR) is 64.0 cm³/mol. The molecule has 82 valence electrons. The van der Waals surface area contributed by atoms with Crippen molar-refractivity contribution in [3.63, 3.8) is 0 Å². The van der Waals surface area contributed by atoms with E-state index < -0.39 is 0 Å². The summed E-state index contributed by atoms with van der Waals surface area (Å²) in [5.74, 6) is 0.908. The maximum Gasteiger partial charge on any atom is 0.170 e. The fourth-order valence-corrected chi connectivity index (χ4v) is 2.19. The lowest BCUT2D eigenvalue weighted by Crippen LogP contribution is -1.95. The number of aromatic nitrogens is 2. The molecule has 1 aromatic heterocycles. The number of rotatable bonds is 3. The van der Waals surface area contributed by atoms with Gasteiger partial charge in [-0.2, -0.15) is 8.75 Å². The molecule has 0 aliphatic heterocycles. The highest BCUT2D eigenvalue weighted by Gasteiger charge is 2.23. The van der Waals surface area contributed by atoms with E-state index in [0.29, 0.717) is 11.3 Å². The minimum absolute atomic E-state index is 0.426. The Labute approximate surface area is 102 Å². The van der Waals surface area contributed by atoms with Gasteiger partial charge in [0.15, 0.2) is 5.15 Å². The summed E-state index contributed by atoms with van der Waals surface area (Å²) in [5.41, 5.74) is 1.71. The first-order valence-corrected chi connectivity index (χ1v) is 6.19. The van der Waals surface area contributed by atoms with Gasteiger partial charge in [0, 0.05) is 5.56 Å². The molecule has 0 amide bonds. The van der Waals surface area contributed by atoms with Crippen molar-refractivity contribution in [1.29, 1.82) is 0 Å². The molecule has 5 heteroatoms. The van der Waals surface area contributed by atoms with E-state index in [9.17, 15) is 0 Å². The summed E-state index contributed by atoms with van der Waals surface area (Å²) >= 11 is 7.04. The van der Waals surface area contributed by atoms with Gasteiger partial charge in [0.25, 0.3) is 0 Å². The van der Waals surface area contributed by atoms with Crippen molar-refractivity contribution in [2.45, 2.75) is 18.9 Å². The van der Waals surface area contributed by atoms with Gasteiger partial charge in [0.2, 0.25) is 0 Å². The van der Waals surface area contributed by atoms with Crippen LogP contribution in [0.5, 0.6) is 5.75 Å². The van der Waals surface area contributed by atoms with Crippen LogP contribution in [0.3, 0.4) is 0 Å². The normalized spacial score (nSPS) is 15.1. The second kappa shape index (κ2) is 4.03. The molecule has 0 unspecified atom stereocenters. The third-order valence-corrected chi connectivity index (χ3v) is 3.30. The molecule has 1 aromatic carbocycles. The van der Waals surface area contributed by atoms with Gasteiger partial charge in [-0.05, 0) is 37.1 Å². The zero-order valence-corrected chi connectivity index (χ0v) is 9.96. The van der Waals surface area contributed by atoms with Crippen molar-refractivity contribution in [1.82, 2.24) is 8.75 Å². The van der Waals surface area contributed by atoms with E-state index in [1.807, 2.05) is 24.3 Å². The number of halogens is 1. The van der Waals surface area contributed by atoms with E-state index >= 15 is 0 Å². The Morgan fingerprint density at radius 3 is 2.50 bits per heavy atom. The van der Waals surface area contributed by atoms with E-state index in [4.69, 9.17) is 16.3 Å². The second-order valence-electron chi connectivity index (χ2n) is 3.75. The highest BCUT2D eigenvalue weighted by atomic mass is 35.5. The van der Waals surface area contributed by atoms with Crippen LogP contribution in [-0.2, 0) is 0 Å². The van der Waals surface area contributed by atoms with Crippen molar-refractivity contribution in [2.24, 2.45) is 0 Å². The van der Waals surface area contributed by atoms with Crippen LogP contribution in [0.15, 0.2) is 24.3 Å². The smallest absolute Gasteiger partial charge is 0.170 e. The van der Waals surface area contributed by atoms with E-state index in [2.05, 4.69) is 8.75 Å². The Balaban J connectivity index is 1.83. The zero-order chi connectivity index (χ0) is 11.0. The topological polar surface area (TPSA) is 35.0 Å². The van der Waals surface area contributed by atoms with Crippen LogP contribution in [0.4, 0.5) is 0 Å². The second-order valence-corrected chi connectivity index (χ2v) is 4.63. The van der Waals surface area contributed by atoms with Gasteiger partial charge < -0.3 is 4.74 Å². The molecule has 0 bridgehead atoms. The molecule has 1 aliphatic rings. The fraction of sp³-hybridized carbons (Fsp3) is 0.273. The molecule has 0 atom stereocenters. The predicted octanol–water partition coefficient (Wildman–Crippen LogP) is 3.40.